The lowest BCUT2D eigenvalue weighted by Gasteiger charge is -2.13. The Bertz CT molecular complexity index is 441. The molecule has 1 aromatic rings. The summed E-state index contributed by atoms with van der Waals surface area (Å²) in [6.45, 7) is 1.86. The third-order valence-corrected chi connectivity index (χ3v) is 3.13. The number of aromatic nitrogens is 1. The molecule has 0 saturated heterocycles. The number of rotatable bonds is 5. The molecule has 0 aliphatic carbocycles. The molecule has 4 nitrogen and oxygen atoms in total. The van der Waals surface area contributed by atoms with Gasteiger partial charge in [-0.3, -0.25) is 4.79 Å². The Hall–Kier alpha value is -0.990. The number of carbonyl (C=O) groups is 1. The maximum Gasteiger partial charge on any atom is 0.310 e. The zero-order valence-corrected chi connectivity index (χ0v) is 12.0. The van der Waals surface area contributed by atoms with Gasteiger partial charge in [0.2, 0.25) is 0 Å². The fraction of sp³-hybridized carbons (Fsp3) is 0.455. The molecule has 100 valence electrons. The SMILES string of the molecule is CCOC(=O)Cc1c(I)ncc(OC)c1C(F)F. The van der Waals surface area contributed by atoms with Gasteiger partial charge in [-0.15, -0.1) is 0 Å². The van der Waals surface area contributed by atoms with Crippen LogP contribution in [0.25, 0.3) is 0 Å². The maximum atomic E-state index is 13.0. The molecule has 1 aromatic heterocycles. The van der Waals surface area contributed by atoms with E-state index in [1.165, 1.54) is 13.3 Å². The van der Waals surface area contributed by atoms with Gasteiger partial charge in [0.15, 0.2) is 0 Å². The lowest BCUT2D eigenvalue weighted by Crippen LogP contribution is -2.12. The van der Waals surface area contributed by atoms with Crippen molar-refractivity contribution in [3.63, 3.8) is 0 Å². The molecule has 0 radical (unpaired) electrons. The molecule has 0 unspecified atom stereocenters. The standard InChI is InChI=1S/C11H12F2INO3/c1-3-18-8(16)4-6-9(10(12)13)7(17-2)5-15-11(6)14/h5,10H,3-4H2,1-2H3. The number of ether oxygens (including phenoxy) is 2. The van der Waals surface area contributed by atoms with Gasteiger partial charge in [-0.25, -0.2) is 13.8 Å². The van der Waals surface area contributed by atoms with Crippen LogP contribution in [0.2, 0.25) is 0 Å². The van der Waals surface area contributed by atoms with Crippen LogP contribution in [0.4, 0.5) is 8.78 Å². The maximum absolute atomic E-state index is 13.0. The van der Waals surface area contributed by atoms with Crippen molar-refractivity contribution in [3.05, 3.63) is 21.0 Å². The minimum atomic E-state index is -2.74. The Morgan fingerprint density at radius 2 is 2.22 bits per heavy atom. The number of pyridine rings is 1. The number of alkyl halides is 2. The van der Waals surface area contributed by atoms with Crippen LogP contribution in [0, 0.1) is 3.70 Å². The number of hydrogen-bond acceptors (Lipinski definition) is 4. The molecule has 0 N–H and O–H groups in total. The summed E-state index contributed by atoms with van der Waals surface area (Å²) in [5, 5.41) is 0. The van der Waals surface area contributed by atoms with Gasteiger partial charge in [0, 0.05) is 5.56 Å². The van der Waals surface area contributed by atoms with Gasteiger partial charge in [-0.1, -0.05) is 0 Å². The zero-order valence-electron chi connectivity index (χ0n) is 9.87. The molecule has 1 heterocycles. The minimum Gasteiger partial charge on any atom is -0.495 e. The highest BCUT2D eigenvalue weighted by molar-refractivity contribution is 14.1. The molecule has 18 heavy (non-hydrogen) atoms. The van der Waals surface area contributed by atoms with Gasteiger partial charge >= 0.3 is 5.97 Å². The third kappa shape index (κ3) is 3.50. The molecule has 0 aromatic carbocycles. The first kappa shape index (κ1) is 15.1. The highest BCUT2D eigenvalue weighted by Crippen LogP contribution is 2.33. The van der Waals surface area contributed by atoms with Crippen LogP contribution in [-0.4, -0.2) is 24.7 Å². The zero-order chi connectivity index (χ0) is 13.7. The Balaban J connectivity index is 3.18. The molecule has 7 heteroatoms. The highest BCUT2D eigenvalue weighted by atomic mass is 127. The van der Waals surface area contributed by atoms with Gasteiger partial charge in [0.05, 0.1) is 31.9 Å². The van der Waals surface area contributed by atoms with Crippen molar-refractivity contribution < 1.29 is 23.0 Å². The minimum absolute atomic E-state index is 0.0234. The summed E-state index contributed by atoms with van der Waals surface area (Å²) >= 11 is 1.81. The summed E-state index contributed by atoms with van der Waals surface area (Å²) in [5.74, 6) is -0.586. The quantitative estimate of drug-likeness (QED) is 0.454. The van der Waals surface area contributed by atoms with Crippen LogP contribution in [0.15, 0.2) is 6.20 Å². The Morgan fingerprint density at radius 1 is 1.56 bits per heavy atom. The van der Waals surface area contributed by atoms with Crippen molar-refractivity contribution in [2.45, 2.75) is 19.8 Å². The fourth-order valence-electron chi connectivity index (χ4n) is 1.45. The van der Waals surface area contributed by atoms with Crippen molar-refractivity contribution >= 4 is 28.6 Å². The van der Waals surface area contributed by atoms with Crippen LogP contribution in [0.5, 0.6) is 5.75 Å². The third-order valence-electron chi connectivity index (χ3n) is 2.20. The fourth-order valence-corrected chi connectivity index (χ4v) is 2.07. The van der Waals surface area contributed by atoms with E-state index >= 15 is 0 Å². The topological polar surface area (TPSA) is 48.4 Å². The summed E-state index contributed by atoms with van der Waals surface area (Å²) in [4.78, 5) is 15.3. The smallest absolute Gasteiger partial charge is 0.310 e. The van der Waals surface area contributed by atoms with Gasteiger partial charge in [0.25, 0.3) is 6.43 Å². The van der Waals surface area contributed by atoms with E-state index in [0.717, 1.165) is 0 Å². The first-order valence-electron chi connectivity index (χ1n) is 5.16. The van der Waals surface area contributed by atoms with Crippen LogP contribution < -0.4 is 4.74 Å². The van der Waals surface area contributed by atoms with E-state index in [1.54, 1.807) is 29.5 Å². The number of methoxy groups -OCH3 is 1. The number of halogens is 3. The summed E-state index contributed by atoms with van der Waals surface area (Å²) in [6.07, 6.45) is -1.76. The molecule has 0 saturated carbocycles. The molecule has 0 atom stereocenters. The van der Waals surface area contributed by atoms with Crippen LogP contribution >= 0.6 is 22.6 Å². The second kappa shape index (κ2) is 6.81. The number of hydrogen-bond donors (Lipinski definition) is 0. The lowest BCUT2D eigenvalue weighted by atomic mass is 10.1. The monoisotopic (exact) mass is 371 g/mol. The Labute approximate surface area is 117 Å². The second-order valence-electron chi connectivity index (χ2n) is 3.29. The van der Waals surface area contributed by atoms with Gasteiger partial charge in [-0.2, -0.15) is 0 Å². The largest absolute Gasteiger partial charge is 0.495 e. The summed E-state index contributed by atoms with van der Waals surface area (Å²) in [6, 6.07) is 0. The van der Waals surface area contributed by atoms with Crippen molar-refractivity contribution in [2.24, 2.45) is 0 Å². The van der Waals surface area contributed by atoms with Crippen LogP contribution in [-0.2, 0) is 16.0 Å². The predicted octanol–water partition coefficient (Wildman–Crippen LogP) is 2.74. The van der Waals surface area contributed by atoms with Gasteiger partial charge < -0.3 is 9.47 Å². The van der Waals surface area contributed by atoms with E-state index in [9.17, 15) is 13.6 Å². The van der Waals surface area contributed by atoms with Crippen LogP contribution in [0.3, 0.4) is 0 Å². The molecular formula is C11H12F2INO3. The number of nitrogens with zero attached hydrogens (tertiary/aromatic N) is 1. The van der Waals surface area contributed by atoms with E-state index in [0.29, 0.717) is 3.70 Å². The van der Waals surface area contributed by atoms with E-state index in [4.69, 9.17) is 9.47 Å². The first-order valence-corrected chi connectivity index (χ1v) is 6.24. The number of carbonyl (C=O) groups excluding carboxylic acids is 1. The predicted molar refractivity (Wildman–Crippen MR) is 68.8 cm³/mol. The molecule has 0 amide bonds. The Morgan fingerprint density at radius 3 is 2.72 bits per heavy atom. The van der Waals surface area contributed by atoms with Crippen molar-refractivity contribution in [2.75, 3.05) is 13.7 Å². The van der Waals surface area contributed by atoms with Crippen molar-refractivity contribution in [1.82, 2.24) is 4.98 Å². The number of esters is 1. The normalized spacial score (nSPS) is 10.6. The average Bonchev–Trinajstić information content (AvgIpc) is 2.31. The van der Waals surface area contributed by atoms with E-state index in [-0.39, 0.29) is 29.9 Å². The van der Waals surface area contributed by atoms with Crippen molar-refractivity contribution in [3.8, 4) is 5.75 Å². The average molecular weight is 371 g/mol. The first-order chi connectivity index (χ1) is 8.51. The molecule has 0 aliphatic rings. The summed E-state index contributed by atoms with van der Waals surface area (Å²) < 4.78 is 36.0. The van der Waals surface area contributed by atoms with E-state index in [2.05, 4.69) is 4.98 Å². The molecule has 0 fully saturated rings. The van der Waals surface area contributed by atoms with Crippen LogP contribution in [0.1, 0.15) is 24.5 Å². The van der Waals surface area contributed by atoms with Gasteiger partial charge in [-0.05, 0) is 29.5 Å². The molecule has 1 rings (SSSR count). The Kier molecular flexibility index (Phi) is 5.70. The molecular weight excluding hydrogens is 359 g/mol. The highest BCUT2D eigenvalue weighted by Gasteiger charge is 2.24. The second-order valence-corrected chi connectivity index (χ2v) is 4.31. The molecule has 0 bridgehead atoms. The van der Waals surface area contributed by atoms with Gasteiger partial charge in [0.1, 0.15) is 9.45 Å². The molecule has 0 aliphatic heterocycles. The van der Waals surface area contributed by atoms with E-state index < -0.39 is 12.4 Å². The summed E-state index contributed by atoms with van der Waals surface area (Å²) in [5.41, 5.74) is -0.145. The molecule has 0 spiro atoms. The summed E-state index contributed by atoms with van der Waals surface area (Å²) in [7, 11) is 1.28. The van der Waals surface area contributed by atoms with E-state index in [1.807, 2.05) is 0 Å². The van der Waals surface area contributed by atoms with Crippen molar-refractivity contribution in [1.29, 1.82) is 0 Å². The lowest BCUT2D eigenvalue weighted by molar-refractivity contribution is -0.142.